The van der Waals surface area contributed by atoms with Gasteiger partial charge in [0.1, 0.15) is 5.82 Å². The van der Waals surface area contributed by atoms with E-state index in [1.807, 2.05) is 0 Å². The van der Waals surface area contributed by atoms with Crippen LogP contribution in [0.1, 0.15) is 5.69 Å². The number of nitrogens with two attached hydrogens (primary N) is 1. The van der Waals surface area contributed by atoms with E-state index in [2.05, 4.69) is 4.98 Å². The normalized spacial score (nSPS) is 11.1. The average Bonchev–Trinajstić information content (AvgIpc) is 2.46. The Morgan fingerprint density at radius 2 is 2.21 bits per heavy atom. The lowest BCUT2D eigenvalue weighted by atomic mass is 10.2. The maximum Gasteiger partial charge on any atom is 0.124 e. The Balaban J connectivity index is 2.62. The van der Waals surface area contributed by atoms with E-state index in [0.717, 1.165) is 16.6 Å². The lowest BCUT2D eigenvalue weighted by Gasteiger charge is -1.93. The van der Waals surface area contributed by atoms with Crippen LogP contribution in [0.25, 0.3) is 10.9 Å². The van der Waals surface area contributed by atoms with E-state index in [0.29, 0.717) is 18.0 Å². The molecule has 0 fully saturated rings. The maximum absolute atomic E-state index is 12.9. The Labute approximate surface area is 85.9 Å². The molecule has 2 rings (SSSR count). The molecule has 0 spiro atoms. The molecule has 14 heavy (non-hydrogen) atoms. The summed E-state index contributed by atoms with van der Waals surface area (Å²) in [4.78, 5) is 3.11. The summed E-state index contributed by atoms with van der Waals surface area (Å²) < 4.78 is 12.9. The Morgan fingerprint density at radius 3 is 2.93 bits per heavy atom. The molecule has 0 saturated carbocycles. The Morgan fingerprint density at radius 1 is 1.43 bits per heavy atom. The molecule has 1 aromatic carbocycles. The third kappa shape index (κ3) is 1.49. The van der Waals surface area contributed by atoms with Crippen molar-refractivity contribution < 1.29 is 4.39 Å². The number of H-pyrrole nitrogens is 1. The predicted octanol–water partition coefficient (Wildman–Crippen LogP) is 2.46. The zero-order valence-electron chi connectivity index (χ0n) is 7.48. The molecule has 74 valence electrons. The van der Waals surface area contributed by atoms with Crippen LogP contribution in [0.3, 0.4) is 0 Å². The minimum absolute atomic E-state index is 0.280. The van der Waals surface area contributed by atoms with Crippen molar-refractivity contribution in [3.8, 4) is 0 Å². The molecule has 2 aromatic rings. The van der Waals surface area contributed by atoms with E-state index < -0.39 is 0 Å². The molecule has 0 bridgehead atoms. The smallest absolute Gasteiger partial charge is 0.124 e. The van der Waals surface area contributed by atoms with Gasteiger partial charge in [0.05, 0.1) is 5.02 Å². The first-order valence-corrected chi connectivity index (χ1v) is 4.76. The van der Waals surface area contributed by atoms with Crippen LogP contribution >= 0.6 is 11.6 Å². The van der Waals surface area contributed by atoms with Gasteiger partial charge < -0.3 is 10.7 Å². The SMILES string of the molecule is NCCc1[nH]c2ccc(F)cc2c1Cl. The number of aromatic nitrogens is 1. The molecule has 0 radical (unpaired) electrons. The fraction of sp³-hybridized carbons (Fsp3) is 0.200. The van der Waals surface area contributed by atoms with E-state index in [1.165, 1.54) is 12.1 Å². The zero-order valence-corrected chi connectivity index (χ0v) is 8.24. The average molecular weight is 213 g/mol. The van der Waals surface area contributed by atoms with Crippen molar-refractivity contribution in [1.29, 1.82) is 0 Å². The summed E-state index contributed by atoms with van der Waals surface area (Å²) in [7, 11) is 0. The molecule has 0 unspecified atom stereocenters. The van der Waals surface area contributed by atoms with Crippen LogP contribution in [0.5, 0.6) is 0 Å². The number of benzene rings is 1. The quantitative estimate of drug-likeness (QED) is 0.789. The second-order valence-electron chi connectivity index (χ2n) is 3.15. The number of nitrogens with one attached hydrogen (secondary N) is 1. The predicted molar refractivity (Wildman–Crippen MR) is 56.0 cm³/mol. The van der Waals surface area contributed by atoms with Crippen LogP contribution in [0.15, 0.2) is 18.2 Å². The second-order valence-corrected chi connectivity index (χ2v) is 3.52. The minimum atomic E-state index is -0.280. The fourth-order valence-electron chi connectivity index (χ4n) is 1.50. The molecule has 0 amide bonds. The van der Waals surface area contributed by atoms with Crippen molar-refractivity contribution in [2.75, 3.05) is 6.54 Å². The maximum atomic E-state index is 12.9. The standard InChI is InChI=1S/C10H10ClFN2/c11-10-7-5-6(12)1-2-8(7)14-9(10)3-4-13/h1-2,5,14H,3-4,13H2. The summed E-state index contributed by atoms with van der Waals surface area (Å²) in [6.45, 7) is 0.523. The molecule has 1 heterocycles. The van der Waals surface area contributed by atoms with Gasteiger partial charge in [-0.15, -0.1) is 0 Å². The van der Waals surface area contributed by atoms with Crippen molar-refractivity contribution in [2.24, 2.45) is 5.73 Å². The number of rotatable bonds is 2. The van der Waals surface area contributed by atoms with Crippen LogP contribution in [-0.2, 0) is 6.42 Å². The summed E-state index contributed by atoms with van der Waals surface area (Å²) in [6.07, 6.45) is 0.676. The van der Waals surface area contributed by atoms with Crippen molar-refractivity contribution in [2.45, 2.75) is 6.42 Å². The van der Waals surface area contributed by atoms with Crippen LogP contribution in [0.4, 0.5) is 4.39 Å². The third-order valence-electron chi connectivity index (χ3n) is 2.16. The Kier molecular flexibility index (Phi) is 2.44. The van der Waals surface area contributed by atoms with Crippen LogP contribution < -0.4 is 5.73 Å². The highest BCUT2D eigenvalue weighted by Crippen LogP contribution is 2.27. The van der Waals surface area contributed by atoms with Crippen LogP contribution in [-0.4, -0.2) is 11.5 Å². The van der Waals surface area contributed by atoms with Crippen molar-refractivity contribution in [1.82, 2.24) is 4.98 Å². The molecule has 4 heteroatoms. The topological polar surface area (TPSA) is 41.8 Å². The first-order valence-electron chi connectivity index (χ1n) is 4.38. The number of hydrogen-bond donors (Lipinski definition) is 2. The molecule has 0 saturated heterocycles. The molecular formula is C10H10ClFN2. The molecule has 0 aliphatic rings. The molecular weight excluding hydrogens is 203 g/mol. The lowest BCUT2D eigenvalue weighted by molar-refractivity contribution is 0.630. The van der Waals surface area contributed by atoms with E-state index >= 15 is 0 Å². The highest BCUT2D eigenvalue weighted by molar-refractivity contribution is 6.36. The highest BCUT2D eigenvalue weighted by atomic mass is 35.5. The molecule has 2 nitrogen and oxygen atoms in total. The van der Waals surface area contributed by atoms with Crippen molar-refractivity contribution in [3.63, 3.8) is 0 Å². The first-order chi connectivity index (χ1) is 6.72. The molecule has 3 N–H and O–H groups in total. The molecule has 1 aromatic heterocycles. The van der Waals surface area contributed by atoms with Gasteiger partial charge in [-0.3, -0.25) is 0 Å². The highest BCUT2D eigenvalue weighted by Gasteiger charge is 2.08. The summed E-state index contributed by atoms with van der Waals surface area (Å²) in [6, 6.07) is 4.51. The van der Waals surface area contributed by atoms with Gasteiger partial charge in [-0.2, -0.15) is 0 Å². The Bertz CT molecular complexity index is 464. The van der Waals surface area contributed by atoms with Gasteiger partial charge in [-0.05, 0) is 24.7 Å². The van der Waals surface area contributed by atoms with Gasteiger partial charge >= 0.3 is 0 Å². The van der Waals surface area contributed by atoms with Gasteiger partial charge in [0.25, 0.3) is 0 Å². The van der Waals surface area contributed by atoms with Gasteiger partial charge in [0.15, 0.2) is 0 Å². The summed E-state index contributed by atoms with van der Waals surface area (Å²) >= 11 is 6.05. The first kappa shape index (κ1) is 9.49. The zero-order chi connectivity index (χ0) is 10.1. The summed E-state index contributed by atoms with van der Waals surface area (Å²) in [5.41, 5.74) is 7.15. The molecule has 0 aliphatic heterocycles. The van der Waals surface area contributed by atoms with E-state index in [9.17, 15) is 4.39 Å². The molecule has 0 aliphatic carbocycles. The summed E-state index contributed by atoms with van der Waals surface area (Å²) in [5.74, 6) is -0.280. The monoisotopic (exact) mass is 212 g/mol. The second kappa shape index (κ2) is 3.59. The van der Waals surface area contributed by atoms with E-state index in [1.54, 1.807) is 6.07 Å². The van der Waals surface area contributed by atoms with Crippen molar-refractivity contribution in [3.05, 3.63) is 34.7 Å². The van der Waals surface area contributed by atoms with Gasteiger partial charge in [-0.1, -0.05) is 11.6 Å². The number of halogens is 2. The van der Waals surface area contributed by atoms with Gasteiger partial charge in [0.2, 0.25) is 0 Å². The van der Waals surface area contributed by atoms with E-state index in [-0.39, 0.29) is 5.82 Å². The minimum Gasteiger partial charge on any atom is -0.357 e. The number of aromatic amines is 1. The van der Waals surface area contributed by atoms with Crippen molar-refractivity contribution >= 4 is 22.5 Å². The Hall–Kier alpha value is -1.06. The lowest BCUT2D eigenvalue weighted by Crippen LogP contribution is -2.02. The van der Waals surface area contributed by atoms with Gasteiger partial charge in [0, 0.05) is 23.0 Å². The number of fused-ring (bicyclic) bond motifs is 1. The third-order valence-corrected chi connectivity index (χ3v) is 2.59. The van der Waals surface area contributed by atoms with Crippen LogP contribution in [0.2, 0.25) is 5.02 Å². The number of hydrogen-bond acceptors (Lipinski definition) is 1. The molecule has 0 atom stereocenters. The summed E-state index contributed by atoms with van der Waals surface area (Å²) in [5, 5.41) is 1.29. The van der Waals surface area contributed by atoms with Gasteiger partial charge in [-0.25, -0.2) is 4.39 Å². The fourth-order valence-corrected chi connectivity index (χ4v) is 1.80. The van der Waals surface area contributed by atoms with E-state index in [4.69, 9.17) is 17.3 Å². The largest absolute Gasteiger partial charge is 0.357 e. The van der Waals surface area contributed by atoms with Crippen LogP contribution in [0, 0.1) is 5.82 Å².